The van der Waals surface area contributed by atoms with Gasteiger partial charge in [0.15, 0.2) is 0 Å². The SMILES string of the molecule is [C]1CCc2ccccc21. The smallest absolute Gasteiger partial charge is 0.0171 e. The van der Waals surface area contributed by atoms with Crippen LogP contribution in [0.4, 0.5) is 0 Å². The number of aryl methyl sites for hydroxylation is 1. The largest absolute Gasteiger partial charge is 0.0620 e. The number of hydrogen-bond donors (Lipinski definition) is 0. The Hall–Kier alpha value is -0.780. The van der Waals surface area contributed by atoms with Crippen LogP contribution in [0, 0.1) is 6.42 Å². The molecule has 0 amide bonds. The van der Waals surface area contributed by atoms with Crippen LogP contribution in [0.25, 0.3) is 0 Å². The second-order valence-corrected chi connectivity index (χ2v) is 2.33. The third-order valence-electron chi connectivity index (χ3n) is 1.73. The first-order valence-corrected chi connectivity index (χ1v) is 3.28. The first-order valence-electron chi connectivity index (χ1n) is 3.28. The van der Waals surface area contributed by atoms with E-state index in [0.29, 0.717) is 0 Å². The summed E-state index contributed by atoms with van der Waals surface area (Å²) in [6, 6.07) is 8.46. The quantitative estimate of drug-likeness (QED) is 0.486. The predicted octanol–water partition coefficient (Wildman–Crippen LogP) is 2.06. The molecular formula is C9H8. The van der Waals surface area contributed by atoms with Crippen molar-refractivity contribution in [3.8, 4) is 0 Å². The number of benzene rings is 1. The van der Waals surface area contributed by atoms with Gasteiger partial charge in [-0.05, 0) is 24.0 Å². The zero-order valence-corrected chi connectivity index (χ0v) is 5.22. The van der Waals surface area contributed by atoms with E-state index in [1.54, 1.807) is 0 Å². The normalized spacial score (nSPS) is 15.6. The highest BCUT2D eigenvalue weighted by Crippen LogP contribution is 2.21. The Labute approximate surface area is 55.5 Å². The third-order valence-corrected chi connectivity index (χ3v) is 1.73. The Morgan fingerprint density at radius 2 is 2.11 bits per heavy atom. The van der Waals surface area contributed by atoms with Gasteiger partial charge >= 0.3 is 0 Å². The molecule has 2 rings (SSSR count). The van der Waals surface area contributed by atoms with Crippen molar-refractivity contribution >= 4 is 0 Å². The molecule has 0 saturated heterocycles. The first kappa shape index (κ1) is 5.04. The van der Waals surface area contributed by atoms with Crippen LogP contribution in [0.3, 0.4) is 0 Å². The average Bonchev–Trinajstić information content (AvgIpc) is 2.33. The zero-order chi connectivity index (χ0) is 6.10. The molecular weight excluding hydrogens is 108 g/mol. The lowest BCUT2D eigenvalue weighted by Gasteiger charge is -1.92. The van der Waals surface area contributed by atoms with Crippen LogP contribution in [-0.2, 0) is 6.42 Å². The number of fused-ring (bicyclic) bond motifs is 1. The van der Waals surface area contributed by atoms with Gasteiger partial charge in [0.2, 0.25) is 0 Å². The van der Waals surface area contributed by atoms with Crippen LogP contribution in [0.2, 0.25) is 0 Å². The van der Waals surface area contributed by atoms with Gasteiger partial charge in [0.1, 0.15) is 0 Å². The Kier molecular flexibility index (Phi) is 1.05. The average molecular weight is 116 g/mol. The molecule has 0 atom stereocenters. The van der Waals surface area contributed by atoms with Crippen molar-refractivity contribution in [1.29, 1.82) is 0 Å². The zero-order valence-electron chi connectivity index (χ0n) is 5.22. The number of rotatable bonds is 0. The van der Waals surface area contributed by atoms with E-state index in [-0.39, 0.29) is 0 Å². The van der Waals surface area contributed by atoms with E-state index >= 15 is 0 Å². The van der Waals surface area contributed by atoms with Crippen molar-refractivity contribution in [2.24, 2.45) is 0 Å². The lowest BCUT2D eigenvalue weighted by molar-refractivity contribution is 1.03. The van der Waals surface area contributed by atoms with Crippen LogP contribution < -0.4 is 0 Å². The summed E-state index contributed by atoms with van der Waals surface area (Å²) in [5.74, 6) is 0. The fraction of sp³-hybridized carbons (Fsp3) is 0.222. The van der Waals surface area contributed by atoms with Crippen LogP contribution in [-0.4, -0.2) is 0 Å². The van der Waals surface area contributed by atoms with Crippen molar-refractivity contribution in [3.63, 3.8) is 0 Å². The Bertz CT molecular complexity index is 190. The fourth-order valence-electron chi connectivity index (χ4n) is 1.24. The van der Waals surface area contributed by atoms with E-state index in [9.17, 15) is 0 Å². The van der Waals surface area contributed by atoms with Gasteiger partial charge in [-0.2, -0.15) is 0 Å². The van der Waals surface area contributed by atoms with E-state index in [4.69, 9.17) is 0 Å². The van der Waals surface area contributed by atoms with Gasteiger partial charge in [-0.25, -0.2) is 0 Å². The summed E-state index contributed by atoms with van der Waals surface area (Å²) in [7, 11) is 0. The van der Waals surface area contributed by atoms with Crippen LogP contribution >= 0.6 is 0 Å². The standard InChI is InChI=1S/C9H8/c1-2-5-9-7-3-6-8(9)4-1/h1-2,4-5H,3,6H2. The summed E-state index contributed by atoms with van der Waals surface area (Å²) in [5, 5.41) is 0. The van der Waals surface area contributed by atoms with E-state index < -0.39 is 0 Å². The minimum absolute atomic E-state index is 1.11. The van der Waals surface area contributed by atoms with Crippen molar-refractivity contribution in [2.75, 3.05) is 0 Å². The van der Waals surface area contributed by atoms with Gasteiger partial charge in [-0.3, -0.25) is 0 Å². The maximum Gasteiger partial charge on any atom is 0.0171 e. The van der Waals surface area contributed by atoms with Crippen LogP contribution in [0.15, 0.2) is 24.3 Å². The summed E-state index contributed by atoms with van der Waals surface area (Å²) < 4.78 is 0. The molecule has 0 N–H and O–H groups in total. The topological polar surface area (TPSA) is 0 Å². The second kappa shape index (κ2) is 1.87. The summed E-state index contributed by atoms with van der Waals surface area (Å²) in [4.78, 5) is 0. The molecule has 0 fully saturated rings. The minimum atomic E-state index is 1.11. The molecule has 2 radical (unpaired) electrons. The third kappa shape index (κ3) is 0.748. The monoisotopic (exact) mass is 116 g/mol. The molecule has 0 saturated carbocycles. The molecule has 0 aliphatic heterocycles. The fourth-order valence-corrected chi connectivity index (χ4v) is 1.24. The summed E-state index contributed by atoms with van der Waals surface area (Å²) in [6.45, 7) is 0. The molecule has 0 heteroatoms. The maximum absolute atomic E-state index is 3.30. The Balaban J connectivity index is 2.54. The molecule has 44 valence electrons. The molecule has 9 heavy (non-hydrogen) atoms. The summed E-state index contributed by atoms with van der Waals surface area (Å²) in [6.07, 6.45) is 5.60. The van der Waals surface area contributed by atoms with E-state index in [0.717, 1.165) is 6.42 Å². The molecule has 1 aromatic carbocycles. The Morgan fingerprint density at radius 3 is 3.00 bits per heavy atom. The molecule has 1 aliphatic carbocycles. The van der Waals surface area contributed by atoms with Crippen molar-refractivity contribution in [2.45, 2.75) is 12.8 Å². The van der Waals surface area contributed by atoms with E-state index in [2.05, 4.69) is 30.7 Å². The van der Waals surface area contributed by atoms with Gasteiger partial charge < -0.3 is 0 Å². The van der Waals surface area contributed by atoms with Gasteiger partial charge in [0.25, 0.3) is 0 Å². The van der Waals surface area contributed by atoms with Crippen LogP contribution in [0.5, 0.6) is 0 Å². The van der Waals surface area contributed by atoms with Gasteiger partial charge in [0, 0.05) is 6.42 Å². The number of hydrogen-bond acceptors (Lipinski definition) is 0. The van der Waals surface area contributed by atoms with Gasteiger partial charge in [-0.15, -0.1) is 0 Å². The summed E-state index contributed by atoms with van der Waals surface area (Å²) >= 11 is 0. The molecule has 0 nitrogen and oxygen atoms in total. The molecule has 0 unspecified atom stereocenters. The highest BCUT2D eigenvalue weighted by molar-refractivity contribution is 5.37. The minimum Gasteiger partial charge on any atom is -0.0620 e. The maximum atomic E-state index is 3.30. The second-order valence-electron chi connectivity index (χ2n) is 2.33. The lowest BCUT2D eigenvalue weighted by atomic mass is 10.1. The van der Waals surface area contributed by atoms with Gasteiger partial charge in [0.05, 0.1) is 0 Å². The molecule has 1 aliphatic rings. The van der Waals surface area contributed by atoms with Crippen molar-refractivity contribution in [1.82, 2.24) is 0 Å². The lowest BCUT2D eigenvalue weighted by Crippen LogP contribution is -1.76. The van der Waals surface area contributed by atoms with Crippen molar-refractivity contribution < 1.29 is 0 Å². The first-order chi connectivity index (χ1) is 4.47. The molecule has 1 aromatic rings. The van der Waals surface area contributed by atoms with E-state index in [1.807, 2.05) is 0 Å². The van der Waals surface area contributed by atoms with Crippen molar-refractivity contribution in [3.05, 3.63) is 41.8 Å². The molecule has 0 heterocycles. The van der Waals surface area contributed by atoms with Crippen LogP contribution in [0.1, 0.15) is 17.5 Å². The highest BCUT2D eigenvalue weighted by atomic mass is 14.1. The van der Waals surface area contributed by atoms with E-state index in [1.165, 1.54) is 17.5 Å². The molecule has 0 spiro atoms. The molecule has 0 aromatic heterocycles. The Morgan fingerprint density at radius 1 is 1.22 bits per heavy atom. The summed E-state index contributed by atoms with van der Waals surface area (Å²) in [5.41, 5.74) is 2.77. The predicted molar refractivity (Wildman–Crippen MR) is 37.1 cm³/mol. The van der Waals surface area contributed by atoms with Gasteiger partial charge in [-0.1, -0.05) is 24.3 Å². The highest BCUT2D eigenvalue weighted by Gasteiger charge is 2.08. The molecule has 0 bridgehead atoms.